The Bertz CT molecular complexity index is 602. The molecule has 2 heterocycles. The molecule has 0 fully saturated rings. The first-order valence-corrected chi connectivity index (χ1v) is 6.16. The van der Waals surface area contributed by atoms with Gasteiger partial charge in [-0.25, -0.2) is 0 Å². The fourth-order valence-corrected chi connectivity index (χ4v) is 1.52. The molecular formula is C14H15ClN4O2. The van der Waals surface area contributed by atoms with Crippen molar-refractivity contribution in [3.63, 3.8) is 0 Å². The van der Waals surface area contributed by atoms with E-state index < -0.39 is 11.8 Å². The van der Waals surface area contributed by atoms with Crippen LogP contribution in [0.15, 0.2) is 42.9 Å². The van der Waals surface area contributed by atoms with Crippen molar-refractivity contribution in [2.24, 2.45) is 0 Å². The fraction of sp³-hybridized carbons (Fsp3) is 0.143. The molecule has 0 unspecified atom stereocenters. The quantitative estimate of drug-likeness (QED) is 0.842. The third-order valence-corrected chi connectivity index (χ3v) is 2.70. The lowest BCUT2D eigenvalue weighted by Gasteiger charge is -2.07. The van der Waals surface area contributed by atoms with Crippen LogP contribution in [0.25, 0.3) is 0 Å². The van der Waals surface area contributed by atoms with Crippen LogP contribution in [0, 0.1) is 0 Å². The first kappa shape index (κ1) is 16.6. The molecule has 0 atom stereocenters. The maximum atomic E-state index is 11.8. The van der Waals surface area contributed by atoms with Gasteiger partial charge in [-0.2, -0.15) is 0 Å². The number of rotatable bonds is 3. The normalized spacial score (nSPS) is 9.38. The van der Waals surface area contributed by atoms with Crippen LogP contribution in [0.5, 0.6) is 0 Å². The summed E-state index contributed by atoms with van der Waals surface area (Å²) >= 11 is 0. The van der Waals surface area contributed by atoms with Gasteiger partial charge in [0.15, 0.2) is 0 Å². The molecule has 0 aliphatic carbocycles. The minimum Gasteiger partial charge on any atom is -0.267 e. The van der Waals surface area contributed by atoms with Gasteiger partial charge in [-0.1, -0.05) is 13.0 Å². The number of nitrogens with zero attached hydrogens (tertiary/aromatic N) is 2. The molecule has 110 valence electrons. The van der Waals surface area contributed by atoms with Crippen LogP contribution in [0.1, 0.15) is 33.3 Å². The number of hydrogen-bond acceptors (Lipinski definition) is 4. The summed E-state index contributed by atoms with van der Waals surface area (Å²) in [5.74, 6) is -0.874. The molecule has 0 spiro atoms. The highest BCUT2D eigenvalue weighted by atomic mass is 35.5. The number of aromatic nitrogens is 2. The van der Waals surface area contributed by atoms with E-state index in [1.54, 1.807) is 24.4 Å². The van der Waals surface area contributed by atoms with Crippen LogP contribution >= 0.6 is 12.4 Å². The number of amides is 2. The lowest BCUT2D eigenvalue weighted by atomic mass is 10.2. The molecule has 0 saturated carbocycles. The lowest BCUT2D eigenvalue weighted by molar-refractivity contribution is 0.0844. The highest BCUT2D eigenvalue weighted by Gasteiger charge is 2.09. The van der Waals surface area contributed by atoms with Crippen molar-refractivity contribution in [1.29, 1.82) is 0 Å². The van der Waals surface area contributed by atoms with Crippen molar-refractivity contribution in [2.75, 3.05) is 0 Å². The highest BCUT2D eigenvalue weighted by Crippen LogP contribution is 2.00. The summed E-state index contributed by atoms with van der Waals surface area (Å²) in [6.07, 6.45) is 5.50. The Morgan fingerprint density at radius 2 is 1.71 bits per heavy atom. The predicted octanol–water partition coefficient (Wildman–Crippen LogP) is 1.54. The van der Waals surface area contributed by atoms with Gasteiger partial charge in [0.1, 0.15) is 5.69 Å². The van der Waals surface area contributed by atoms with E-state index in [1.807, 2.05) is 13.0 Å². The number of hydrogen-bond donors (Lipinski definition) is 2. The maximum Gasteiger partial charge on any atom is 0.288 e. The van der Waals surface area contributed by atoms with Crippen LogP contribution in [0.3, 0.4) is 0 Å². The maximum absolute atomic E-state index is 11.8. The second kappa shape index (κ2) is 7.96. The minimum atomic E-state index is -0.463. The second-order valence-electron chi connectivity index (χ2n) is 4.05. The zero-order valence-electron chi connectivity index (χ0n) is 11.4. The molecule has 7 heteroatoms. The molecule has 0 aliphatic heterocycles. The van der Waals surface area contributed by atoms with Crippen LogP contribution in [-0.4, -0.2) is 21.8 Å². The van der Waals surface area contributed by atoms with Gasteiger partial charge in [-0.05, 0) is 30.2 Å². The summed E-state index contributed by atoms with van der Waals surface area (Å²) in [5, 5.41) is 0. The average molecular weight is 307 g/mol. The number of carbonyl (C=O) groups is 2. The number of hydrazine groups is 1. The standard InChI is InChI=1S/C14H14N4O2.ClH/c1-2-10-3-4-12(16-9-10)14(20)18-17-13(19)11-5-7-15-8-6-11;/h3-9H,2H2,1H3,(H,17,19)(H,18,20);1H. The number of nitrogens with one attached hydrogen (secondary N) is 2. The Morgan fingerprint density at radius 1 is 1.05 bits per heavy atom. The Morgan fingerprint density at radius 3 is 2.29 bits per heavy atom. The van der Waals surface area contributed by atoms with E-state index in [4.69, 9.17) is 0 Å². The summed E-state index contributed by atoms with van der Waals surface area (Å²) in [4.78, 5) is 31.3. The molecule has 2 aromatic heterocycles. The summed E-state index contributed by atoms with van der Waals surface area (Å²) in [5.41, 5.74) is 6.34. The van der Waals surface area contributed by atoms with E-state index in [-0.39, 0.29) is 18.1 Å². The summed E-state index contributed by atoms with van der Waals surface area (Å²) < 4.78 is 0. The Hall–Kier alpha value is -2.47. The molecular weight excluding hydrogens is 292 g/mol. The molecule has 21 heavy (non-hydrogen) atoms. The first-order valence-electron chi connectivity index (χ1n) is 6.16. The van der Waals surface area contributed by atoms with Crippen LogP contribution in [-0.2, 0) is 6.42 Å². The molecule has 2 rings (SSSR count). The van der Waals surface area contributed by atoms with E-state index in [2.05, 4.69) is 20.8 Å². The van der Waals surface area contributed by atoms with Gasteiger partial charge in [0, 0.05) is 24.2 Å². The second-order valence-corrected chi connectivity index (χ2v) is 4.05. The molecule has 2 amide bonds. The lowest BCUT2D eigenvalue weighted by Crippen LogP contribution is -2.41. The van der Waals surface area contributed by atoms with Crippen molar-refractivity contribution in [3.05, 3.63) is 59.7 Å². The van der Waals surface area contributed by atoms with Gasteiger partial charge in [0.05, 0.1) is 0 Å². The van der Waals surface area contributed by atoms with Gasteiger partial charge in [0.2, 0.25) is 0 Å². The van der Waals surface area contributed by atoms with E-state index in [1.165, 1.54) is 12.4 Å². The minimum absolute atomic E-state index is 0. The van der Waals surface area contributed by atoms with Crippen molar-refractivity contribution in [3.8, 4) is 0 Å². The first-order chi connectivity index (χ1) is 9.70. The third-order valence-electron chi connectivity index (χ3n) is 2.70. The molecule has 0 aromatic carbocycles. The molecule has 0 bridgehead atoms. The van der Waals surface area contributed by atoms with E-state index in [9.17, 15) is 9.59 Å². The Labute approximate surface area is 128 Å². The molecule has 6 nitrogen and oxygen atoms in total. The molecule has 0 radical (unpaired) electrons. The van der Waals surface area contributed by atoms with Crippen molar-refractivity contribution in [2.45, 2.75) is 13.3 Å². The van der Waals surface area contributed by atoms with E-state index in [0.29, 0.717) is 5.56 Å². The van der Waals surface area contributed by atoms with Crippen molar-refractivity contribution < 1.29 is 9.59 Å². The number of carbonyl (C=O) groups excluding carboxylic acids is 2. The smallest absolute Gasteiger partial charge is 0.267 e. The number of pyridine rings is 2. The van der Waals surface area contributed by atoms with Gasteiger partial charge in [-0.3, -0.25) is 30.4 Å². The molecule has 2 N–H and O–H groups in total. The van der Waals surface area contributed by atoms with Crippen LogP contribution < -0.4 is 10.9 Å². The van der Waals surface area contributed by atoms with Crippen molar-refractivity contribution in [1.82, 2.24) is 20.8 Å². The number of halogens is 1. The summed E-state index contributed by atoms with van der Waals surface area (Å²) in [6.45, 7) is 2.01. The zero-order valence-corrected chi connectivity index (χ0v) is 12.2. The van der Waals surface area contributed by atoms with Gasteiger partial charge >= 0.3 is 0 Å². The summed E-state index contributed by atoms with van der Waals surface area (Å²) in [6, 6.07) is 6.55. The largest absolute Gasteiger partial charge is 0.288 e. The van der Waals surface area contributed by atoms with Crippen LogP contribution in [0.2, 0.25) is 0 Å². The van der Waals surface area contributed by atoms with Crippen LogP contribution in [0.4, 0.5) is 0 Å². The topological polar surface area (TPSA) is 84.0 Å². The Balaban J connectivity index is 0.00000220. The molecule has 2 aromatic rings. The molecule has 0 saturated heterocycles. The van der Waals surface area contributed by atoms with E-state index >= 15 is 0 Å². The predicted molar refractivity (Wildman–Crippen MR) is 80.0 cm³/mol. The zero-order chi connectivity index (χ0) is 14.4. The van der Waals surface area contributed by atoms with E-state index in [0.717, 1.165) is 12.0 Å². The monoisotopic (exact) mass is 306 g/mol. The SMILES string of the molecule is CCc1ccc(C(=O)NNC(=O)c2ccncc2)nc1.Cl. The fourth-order valence-electron chi connectivity index (χ4n) is 1.52. The number of aryl methyl sites for hydroxylation is 1. The third kappa shape index (κ3) is 4.54. The highest BCUT2D eigenvalue weighted by molar-refractivity contribution is 5.98. The summed E-state index contributed by atoms with van der Waals surface area (Å²) in [7, 11) is 0. The average Bonchev–Trinajstić information content (AvgIpc) is 2.53. The molecule has 0 aliphatic rings. The Kier molecular flexibility index (Phi) is 6.29. The van der Waals surface area contributed by atoms with Crippen molar-refractivity contribution >= 4 is 24.2 Å². The van der Waals surface area contributed by atoms with Gasteiger partial charge in [0.25, 0.3) is 11.8 Å². The van der Waals surface area contributed by atoms with Gasteiger partial charge in [-0.15, -0.1) is 12.4 Å². The van der Waals surface area contributed by atoms with Gasteiger partial charge < -0.3 is 0 Å².